The van der Waals surface area contributed by atoms with E-state index in [2.05, 4.69) is 4.98 Å². The van der Waals surface area contributed by atoms with Crippen LogP contribution in [0.4, 0.5) is 0 Å². The summed E-state index contributed by atoms with van der Waals surface area (Å²) < 4.78 is 10.9. The van der Waals surface area contributed by atoms with E-state index in [1.54, 1.807) is 36.4 Å². The largest absolute Gasteiger partial charge is 0.490 e. The molecule has 0 unspecified atom stereocenters. The lowest BCUT2D eigenvalue weighted by Gasteiger charge is -2.08. The van der Waals surface area contributed by atoms with Crippen LogP contribution in [-0.4, -0.2) is 11.6 Å². The number of rotatable bonds is 5. The van der Waals surface area contributed by atoms with E-state index in [0.29, 0.717) is 23.1 Å². The predicted molar refractivity (Wildman–Crippen MR) is 81.0 cm³/mol. The first-order chi connectivity index (χ1) is 10.2. The Kier molecular flexibility index (Phi) is 5.44. The number of ether oxygens (including phenoxy) is 2. The molecule has 0 N–H and O–H groups in total. The summed E-state index contributed by atoms with van der Waals surface area (Å²) in [6.07, 6.45) is 4.51. The highest BCUT2D eigenvalue weighted by Crippen LogP contribution is 2.32. The summed E-state index contributed by atoms with van der Waals surface area (Å²) in [6, 6.07) is 10.4. The van der Waals surface area contributed by atoms with Crippen LogP contribution in [0.15, 0.2) is 48.7 Å². The van der Waals surface area contributed by atoms with Gasteiger partial charge in [-0.1, -0.05) is 23.2 Å². The molecule has 0 aliphatic carbocycles. The molecule has 2 aromatic rings. The molecule has 1 heterocycles. The molecule has 0 radical (unpaired) electrons. The molecule has 0 saturated carbocycles. The lowest BCUT2D eigenvalue weighted by molar-refractivity contribution is 0.362. The van der Waals surface area contributed by atoms with E-state index >= 15 is 0 Å². The van der Waals surface area contributed by atoms with Gasteiger partial charge in [0.1, 0.15) is 23.1 Å². The van der Waals surface area contributed by atoms with Crippen molar-refractivity contribution in [1.29, 1.82) is 5.26 Å². The molecular formula is C15H10Cl2N2O2. The second kappa shape index (κ2) is 7.53. The summed E-state index contributed by atoms with van der Waals surface area (Å²) in [5.74, 6) is 1.47. The number of benzene rings is 1. The Labute approximate surface area is 132 Å². The summed E-state index contributed by atoms with van der Waals surface area (Å²) in [7, 11) is 0. The van der Waals surface area contributed by atoms with Crippen molar-refractivity contribution in [3.05, 3.63) is 58.7 Å². The van der Waals surface area contributed by atoms with E-state index < -0.39 is 0 Å². The number of allylic oxidation sites excluding steroid dienone is 1. The van der Waals surface area contributed by atoms with Crippen LogP contribution in [0, 0.1) is 11.3 Å². The van der Waals surface area contributed by atoms with Gasteiger partial charge in [0.2, 0.25) is 5.88 Å². The van der Waals surface area contributed by atoms with Crippen LogP contribution in [0.1, 0.15) is 0 Å². The maximum Gasteiger partial charge on any atom is 0.239 e. The zero-order chi connectivity index (χ0) is 15.1. The smallest absolute Gasteiger partial charge is 0.239 e. The van der Waals surface area contributed by atoms with Crippen molar-refractivity contribution in [2.45, 2.75) is 0 Å². The minimum atomic E-state index is 0.245. The molecule has 1 aromatic heterocycles. The highest BCUT2D eigenvalue weighted by Gasteiger charge is 2.08. The van der Waals surface area contributed by atoms with Crippen LogP contribution in [0.5, 0.6) is 17.4 Å². The van der Waals surface area contributed by atoms with Crippen LogP contribution in [0.2, 0.25) is 10.0 Å². The van der Waals surface area contributed by atoms with Crippen molar-refractivity contribution >= 4 is 23.2 Å². The molecular weight excluding hydrogens is 311 g/mol. The molecule has 0 bridgehead atoms. The van der Waals surface area contributed by atoms with Crippen molar-refractivity contribution in [1.82, 2.24) is 4.98 Å². The first-order valence-corrected chi connectivity index (χ1v) is 6.71. The van der Waals surface area contributed by atoms with Gasteiger partial charge in [0.05, 0.1) is 11.1 Å². The average Bonchev–Trinajstić information content (AvgIpc) is 2.50. The molecule has 0 atom stereocenters. The number of hydrogen-bond acceptors (Lipinski definition) is 4. The van der Waals surface area contributed by atoms with Crippen molar-refractivity contribution in [2.75, 3.05) is 6.61 Å². The van der Waals surface area contributed by atoms with Crippen LogP contribution in [0.3, 0.4) is 0 Å². The third-order valence-electron chi connectivity index (χ3n) is 2.39. The first kappa shape index (κ1) is 15.2. The van der Waals surface area contributed by atoms with Gasteiger partial charge in [0.25, 0.3) is 0 Å². The van der Waals surface area contributed by atoms with Crippen LogP contribution >= 0.6 is 23.2 Å². The Morgan fingerprint density at radius 3 is 2.57 bits per heavy atom. The molecule has 2 rings (SSSR count). The minimum Gasteiger partial charge on any atom is -0.490 e. The second-order valence-electron chi connectivity index (χ2n) is 3.83. The van der Waals surface area contributed by atoms with E-state index in [0.717, 1.165) is 0 Å². The molecule has 6 heteroatoms. The molecule has 21 heavy (non-hydrogen) atoms. The Hall–Kier alpha value is -2.22. The van der Waals surface area contributed by atoms with Crippen molar-refractivity contribution < 1.29 is 9.47 Å². The summed E-state index contributed by atoms with van der Waals surface area (Å²) >= 11 is 11.9. The van der Waals surface area contributed by atoms with Gasteiger partial charge >= 0.3 is 0 Å². The van der Waals surface area contributed by atoms with Crippen LogP contribution in [-0.2, 0) is 0 Å². The Morgan fingerprint density at radius 1 is 1.14 bits per heavy atom. The molecule has 106 valence electrons. The number of nitriles is 1. The normalized spacial score (nSPS) is 10.3. The van der Waals surface area contributed by atoms with Crippen LogP contribution in [0.25, 0.3) is 0 Å². The second-order valence-corrected chi connectivity index (χ2v) is 4.61. The quantitative estimate of drug-likeness (QED) is 0.753. The third-order valence-corrected chi connectivity index (χ3v) is 3.16. The Bertz CT molecular complexity index is 679. The summed E-state index contributed by atoms with van der Waals surface area (Å²) in [6.45, 7) is 0.329. The highest BCUT2D eigenvalue weighted by molar-refractivity contribution is 6.42. The fourth-order valence-corrected chi connectivity index (χ4v) is 1.72. The number of nitrogens with zero attached hydrogens (tertiary/aromatic N) is 2. The third kappa shape index (κ3) is 4.38. The molecule has 0 aliphatic heterocycles. The van der Waals surface area contributed by atoms with Gasteiger partial charge in [-0.25, -0.2) is 4.98 Å². The van der Waals surface area contributed by atoms with Crippen molar-refractivity contribution in [2.24, 2.45) is 0 Å². The number of hydrogen-bond donors (Lipinski definition) is 0. The summed E-state index contributed by atoms with van der Waals surface area (Å²) in [5.41, 5.74) is 0. The highest BCUT2D eigenvalue weighted by atomic mass is 35.5. The molecule has 0 saturated heterocycles. The van der Waals surface area contributed by atoms with Crippen molar-refractivity contribution in [3.8, 4) is 23.4 Å². The topological polar surface area (TPSA) is 55.1 Å². The standard InChI is InChI=1S/C15H10Cl2N2O2/c16-13-7-9-19-15(14(13)17)21-12-5-3-11(4-6-12)20-10-2-1-8-18/h1-7,9H,10H2/b2-1+. The van der Waals surface area contributed by atoms with Gasteiger partial charge in [-0.15, -0.1) is 0 Å². The summed E-state index contributed by atoms with van der Waals surface area (Å²) in [4.78, 5) is 4.02. The molecule has 0 aliphatic rings. The van der Waals surface area contributed by atoms with E-state index in [1.807, 2.05) is 6.07 Å². The van der Waals surface area contributed by atoms with E-state index in [9.17, 15) is 0 Å². The SMILES string of the molecule is N#C/C=C/COc1ccc(Oc2nccc(Cl)c2Cl)cc1. The van der Waals surface area contributed by atoms with Gasteiger partial charge < -0.3 is 9.47 Å². The maximum atomic E-state index is 8.35. The molecule has 4 nitrogen and oxygen atoms in total. The Balaban J connectivity index is 2.01. The number of halogens is 2. The van der Waals surface area contributed by atoms with Crippen LogP contribution < -0.4 is 9.47 Å². The zero-order valence-electron chi connectivity index (χ0n) is 10.8. The monoisotopic (exact) mass is 320 g/mol. The van der Waals surface area contributed by atoms with E-state index in [4.69, 9.17) is 37.9 Å². The zero-order valence-corrected chi connectivity index (χ0v) is 12.3. The number of pyridine rings is 1. The molecule has 1 aromatic carbocycles. The van der Waals surface area contributed by atoms with Gasteiger partial charge in [-0.2, -0.15) is 5.26 Å². The number of aromatic nitrogens is 1. The van der Waals surface area contributed by atoms with Gasteiger partial charge in [-0.3, -0.25) is 0 Å². The van der Waals surface area contributed by atoms with E-state index in [-0.39, 0.29) is 10.9 Å². The maximum absolute atomic E-state index is 8.35. The Morgan fingerprint density at radius 2 is 1.86 bits per heavy atom. The molecule has 0 fully saturated rings. The molecule has 0 spiro atoms. The lowest BCUT2D eigenvalue weighted by Crippen LogP contribution is -1.93. The summed E-state index contributed by atoms with van der Waals surface area (Å²) in [5, 5.41) is 8.99. The van der Waals surface area contributed by atoms with E-state index in [1.165, 1.54) is 12.3 Å². The lowest BCUT2D eigenvalue weighted by atomic mass is 10.3. The van der Waals surface area contributed by atoms with Gasteiger partial charge in [-0.05, 0) is 36.4 Å². The fourth-order valence-electron chi connectivity index (χ4n) is 1.43. The average molecular weight is 321 g/mol. The minimum absolute atomic E-state index is 0.245. The molecule has 0 amide bonds. The first-order valence-electron chi connectivity index (χ1n) is 5.96. The van der Waals surface area contributed by atoms with Crippen molar-refractivity contribution in [3.63, 3.8) is 0 Å². The predicted octanol–water partition coefficient (Wildman–Crippen LogP) is 4.64. The van der Waals surface area contributed by atoms with Gasteiger partial charge in [0, 0.05) is 12.3 Å². The van der Waals surface area contributed by atoms with Gasteiger partial charge in [0.15, 0.2) is 0 Å². The fraction of sp³-hybridized carbons (Fsp3) is 0.0667.